The van der Waals surface area contributed by atoms with Crippen LogP contribution in [0.1, 0.15) is 17.7 Å². The van der Waals surface area contributed by atoms with Gasteiger partial charge in [-0.2, -0.15) is 0 Å². The Bertz CT molecular complexity index is 679. The number of halogens is 1. The summed E-state index contributed by atoms with van der Waals surface area (Å²) in [5.41, 5.74) is 4.16. The standard InChI is InChI=1S/C15H15BrN2O2/c1-9-2-3-11(16)7-12(9)14-13-6-10(15(19)20)4-5-18(13)8-17-14/h2-3,7-8,10H,4-6H2,1H3,(H,19,20). The molecule has 3 rings (SSSR count). The lowest BCUT2D eigenvalue weighted by atomic mass is 9.93. The zero-order valence-corrected chi connectivity index (χ0v) is 12.7. The van der Waals surface area contributed by atoms with Crippen LogP contribution in [-0.2, 0) is 17.8 Å². The van der Waals surface area contributed by atoms with E-state index >= 15 is 0 Å². The second-order valence-corrected chi connectivity index (χ2v) is 6.14. The minimum Gasteiger partial charge on any atom is -0.481 e. The second-order valence-electron chi connectivity index (χ2n) is 5.22. The summed E-state index contributed by atoms with van der Waals surface area (Å²) >= 11 is 3.48. The van der Waals surface area contributed by atoms with Crippen molar-refractivity contribution in [1.29, 1.82) is 0 Å². The number of fused-ring (bicyclic) bond motifs is 1. The van der Waals surface area contributed by atoms with Gasteiger partial charge in [0.2, 0.25) is 0 Å². The lowest BCUT2D eigenvalue weighted by molar-refractivity contribution is -0.142. The number of carboxylic acids is 1. The summed E-state index contributed by atoms with van der Waals surface area (Å²) in [4.78, 5) is 15.7. The van der Waals surface area contributed by atoms with Crippen molar-refractivity contribution in [3.8, 4) is 11.3 Å². The van der Waals surface area contributed by atoms with Crippen molar-refractivity contribution in [3.05, 3.63) is 40.3 Å². The molecule has 1 aliphatic rings. The van der Waals surface area contributed by atoms with E-state index < -0.39 is 5.97 Å². The van der Waals surface area contributed by atoms with Gasteiger partial charge < -0.3 is 9.67 Å². The Kier molecular flexibility index (Phi) is 3.38. The number of carbonyl (C=O) groups is 1. The molecule has 4 nitrogen and oxygen atoms in total. The van der Waals surface area contributed by atoms with Crippen LogP contribution in [0.5, 0.6) is 0 Å². The Morgan fingerprint density at radius 3 is 3.05 bits per heavy atom. The number of benzene rings is 1. The van der Waals surface area contributed by atoms with E-state index in [1.54, 1.807) is 0 Å². The van der Waals surface area contributed by atoms with Gasteiger partial charge in [-0.15, -0.1) is 0 Å². The predicted molar refractivity (Wildman–Crippen MR) is 79.5 cm³/mol. The van der Waals surface area contributed by atoms with Gasteiger partial charge in [0.15, 0.2) is 0 Å². The maximum atomic E-state index is 11.2. The maximum absolute atomic E-state index is 11.2. The number of hydrogen-bond donors (Lipinski definition) is 1. The smallest absolute Gasteiger partial charge is 0.306 e. The third-order valence-corrected chi connectivity index (χ3v) is 4.40. The number of aliphatic carboxylic acids is 1. The van der Waals surface area contributed by atoms with Crippen molar-refractivity contribution in [3.63, 3.8) is 0 Å². The Balaban J connectivity index is 2.07. The van der Waals surface area contributed by atoms with Gasteiger partial charge in [-0.05, 0) is 31.0 Å². The van der Waals surface area contributed by atoms with Crippen LogP contribution in [0.4, 0.5) is 0 Å². The molecule has 20 heavy (non-hydrogen) atoms. The molecule has 1 aromatic heterocycles. The van der Waals surface area contributed by atoms with Gasteiger partial charge >= 0.3 is 5.97 Å². The molecular weight excluding hydrogens is 320 g/mol. The number of rotatable bonds is 2. The van der Waals surface area contributed by atoms with Gasteiger partial charge in [0.1, 0.15) is 0 Å². The highest BCUT2D eigenvalue weighted by molar-refractivity contribution is 9.10. The maximum Gasteiger partial charge on any atom is 0.306 e. The third-order valence-electron chi connectivity index (χ3n) is 3.91. The molecule has 0 fully saturated rings. The van der Waals surface area contributed by atoms with E-state index in [1.807, 2.05) is 31.5 Å². The average molecular weight is 335 g/mol. The number of nitrogens with zero attached hydrogens (tertiary/aromatic N) is 2. The molecule has 0 radical (unpaired) electrons. The van der Waals surface area contributed by atoms with Crippen LogP contribution in [0.3, 0.4) is 0 Å². The van der Waals surface area contributed by atoms with Crippen LogP contribution in [0, 0.1) is 12.8 Å². The molecule has 0 spiro atoms. The molecule has 0 saturated carbocycles. The third kappa shape index (κ3) is 2.26. The number of aryl methyl sites for hydroxylation is 2. The average Bonchev–Trinajstić information content (AvgIpc) is 2.84. The van der Waals surface area contributed by atoms with Gasteiger partial charge in [0.05, 0.1) is 17.9 Å². The molecule has 2 aromatic rings. The van der Waals surface area contributed by atoms with E-state index in [-0.39, 0.29) is 5.92 Å². The van der Waals surface area contributed by atoms with Crippen LogP contribution in [-0.4, -0.2) is 20.6 Å². The van der Waals surface area contributed by atoms with Crippen molar-refractivity contribution in [2.75, 3.05) is 0 Å². The Hall–Kier alpha value is -1.62. The highest BCUT2D eigenvalue weighted by Gasteiger charge is 2.27. The summed E-state index contributed by atoms with van der Waals surface area (Å²) in [6, 6.07) is 6.09. The Morgan fingerprint density at radius 2 is 2.30 bits per heavy atom. The molecule has 0 aliphatic carbocycles. The number of aromatic nitrogens is 2. The SMILES string of the molecule is Cc1ccc(Br)cc1-c1ncn2c1CC(C(=O)O)CC2. The van der Waals surface area contributed by atoms with Gasteiger partial charge in [-0.3, -0.25) is 4.79 Å². The van der Waals surface area contributed by atoms with E-state index in [1.165, 1.54) is 0 Å². The minimum atomic E-state index is -0.714. The van der Waals surface area contributed by atoms with Gasteiger partial charge in [-0.1, -0.05) is 22.0 Å². The van der Waals surface area contributed by atoms with Crippen molar-refractivity contribution in [2.24, 2.45) is 5.92 Å². The molecule has 1 aliphatic heterocycles. The first-order valence-electron chi connectivity index (χ1n) is 6.59. The fraction of sp³-hybridized carbons (Fsp3) is 0.333. The summed E-state index contributed by atoms with van der Waals surface area (Å²) in [6.07, 6.45) is 3.05. The molecule has 0 bridgehead atoms. The molecule has 5 heteroatoms. The first kappa shape index (κ1) is 13.4. The zero-order chi connectivity index (χ0) is 14.3. The first-order chi connectivity index (χ1) is 9.56. The Labute approximate surface area is 125 Å². The minimum absolute atomic E-state index is 0.301. The first-order valence-corrected chi connectivity index (χ1v) is 7.39. The summed E-state index contributed by atoms with van der Waals surface area (Å²) in [5.74, 6) is -1.01. The molecule has 2 heterocycles. The summed E-state index contributed by atoms with van der Waals surface area (Å²) in [5, 5.41) is 9.22. The second kappa shape index (κ2) is 5.05. The number of carboxylic acid groups (broad SMARTS) is 1. The summed E-state index contributed by atoms with van der Waals surface area (Å²) < 4.78 is 3.08. The van der Waals surface area contributed by atoms with Gasteiger partial charge in [0, 0.05) is 28.7 Å². The molecule has 1 aromatic carbocycles. The molecule has 104 valence electrons. The van der Waals surface area contributed by atoms with E-state index in [9.17, 15) is 9.90 Å². The molecular formula is C15H15BrN2O2. The molecule has 1 unspecified atom stereocenters. The van der Waals surface area contributed by atoms with Crippen LogP contribution in [0.2, 0.25) is 0 Å². The summed E-state index contributed by atoms with van der Waals surface area (Å²) in [7, 11) is 0. The van der Waals surface area contributed by atoms with Crippen LogP contribution < -0.4 is 0 Å². The lowest BCUT2D eigenvalue weighted by Crippen LogP contribution is -2.25. The molecule has 0 saturated heterocycles. The topological polar surface area (TPSA) is 55.1 Å². The normalized spacial score (nSPS) is 17.8. The van der Waals surface area contributed by atoms with Crippen LogP contribution in [0.25, 0.3) is 11.3 Å². The van der Waals surface area contributed by atoms with Crippen molar-refractivity contribution < 1.29 is 9.90 Å². The highest BCUT2D eigenvalue weighted by atomic mass is 79.9. The molecule has 0 amide bonds. The zero-order valence-electron chi connectivity index (χ0n) is 11.1. The van der Waals surface area contributed by atoms with E-state index in [0.29, 0.717) is 12.8 Å². The van der Waals surface area contributed by atoms with Gasteiger partial charge in [0.25, 0.3) is 0 Å². The quantitative estimate of drug-likeness (QED) is 0.916. The fourth-order valence-electron chi connectivity index (χ4n) is 2.73. The number of imidazole rings is 1. The van der Waals surface area contributed by atoms with E-state index in [2.05, 4.69) is 25.5 Å². The fourth-order valence-corrected chi connectivity index (χ4v) is 3.09. The number of hydrogen-bond acceptors (Lipinski definition) is 2. The molecule has 1 N–H and O–H groups in total. The highest BCUT2D eigenvalue weighted by Crippen LogP contribution is 2.32. The van der Waals surface area contributed by atoms with E-state index in [0.717, 1.165) is 33.5 Å². The van der Waals surface area contributed by atoms with Crippen LogP contribution >= 0.6 is 15.9 Å². The Morgan fingerprint density at radius 1 is 1.50 bits per heavy atom. The lowest BCUT2D eigenvalue weighted by Gasteiger charge is -2.21. The monoisotopic (exact) mass is 334 g/mol. The van der Waals surface area contributed by atoms with Crippen molar-refractivity contribution in [1.82, 2.24) is 9.55 Å². The summed E-state index contributed by atoms with van der Waals surface area (Å²) in [6.45, 7) is 2.78. The van der Waals surface area contributed by atoms with Crippen molar-refractivity contribution in [2.45, 2.75) is 26.3 Å². The predicted octanol–water partition coefficient (Wildman–Crippen LogP) is 3.27. The van der Waals surface area contributed by atoms with E-state index in [4.69, 9.17) is 0 Å². The molecule has 1 atom stereocenters. The van der Waals surface area contributed by atoms with Crippen LogP contribution in [0.15, 0.2) is 29.0 Å². The van der Waals surface area contributed by atoms with Gasteiger partial charge in [-0.25, -0.2) is 4.98 Å². The largest absolute Gasteiger partial charge is 0.481 e. The van der Waals surface area contributed by atoms with Crippen molar-refractivity contribution >= 4 is 21.9 Å².